The van der Waals surface area contributed by atoms with Crippen LogP contribution in [-0.2, 0) is 4.79 Å². The molecule has 1 amide bonds. The summed E-state index contributed by atoms with van der Waals surface area (Å²) in [4.78, 5) is 23.2. The van der Waals surface area contributed by atoms with E-state index in [4.69, 9.17) is 10.8 Å². The standard InChI is InChI=1S/C11H15N3O3S/c1-6-7(9(15)16)8(18-14-6)13-10(17)11(5-12)3-2-4-11/h2-5,12H2,1H3,(H,13,17)(H,15,16). The van der Waals surface area contributed by atoms with Crippen molar-refractivity contribution in [3.8, 4) is 0 Å². The number of aromatic carboxylic acids is 1. The number of hydrogen-bond acceptors (Lipinski definition) is 5. The number of anilines is 1. The number of nitrogens with zero attached hydrogens (tertiary/aromatic N) is 1. The second-order valence-electron chi connectivity index (χ2n) is 4.57. The Morgan fingerprint density at radius 1 is 1.56 bits per heavy atom. The molecule has 0 aromatic carbocycles. The lowest BCUT2D eigenvalue weighted by Gasteiger charge is -2.38. The summed E-state index contributed by atoms with van der Waals surface area (Å²) in [7, 11) is 0. The minimum atomic E-state index is -1.08. The predicted octanol–water partition coefficient (Wildman–Crippen LogP) is 1.22. The largest absolute Gasteiger partial charge is 0.478 e. The number of rotatable bonds is 4. The molecule has 4 N–H and O–H groups in total. The van der Waals surface area contributed by atoms with Crippen molar-refractivity contribution in [1.29, 1.82) is 0 Å². The van der Waals surface area contributed by atoms with Crippen molar-refractivity contribution in [3.05, 3.63) is 11.3 Å². The van der Waals surface area contributed by atoms with Crippen LogP contribution >= 0.6 is 11.5 Å². The van der Waals surface area contributed by atoms with Gasteiger partial charge in [0.15, 0.2) is 0 Å². The van der Waals surface area contributed by atoms with Gasteiger partial charge in [-0.2, -0.15) is 4.37 Å². The van der Waals surface area contributed by atoms with Crippen molar-refractivity contribution in [2.24, 2.45) is 11.1 Å². The van der Waals surface area contributed by atoms with Crippen LogP contribution in [-0.4, -0.2) is 27.9 Å². The van der Waals surface area contributed by atoms with Crippen LogP contribution < -0.4 is 11.1 Å². The van der Waals surface area contributed by atoms with Gasteiger partial charge in [0.2, 0.25) is 5.91 Å². The first-order chi connectivity index (χ1) is 8.50. The lowest BCUT2D eigenvalue weighted by Crippen LogP contribution is -2.47. The van der Waals surface area contributed by atoms with Gasteiger partial charge in [-0.05, 0) is 31.3 Å². The number of aryl methyl sites for hydroxylation is 1. The van der Waals surface area contributed by atoms with Crippen molar-refractivity contribution < 1.29 is 14.7 Å². The molecule has 0 atom stereocenters. The van der Waals surface area contributed by atoms with E-state index in [1.54, 1.807) is 6.92 Å². The highest BCUT2D eigenvalue weighted by atomic mass is 32.1. The van der Waals surface area contributed by atoms with E-state index in [0.717, 1.165) is 30.8 Å². The Balaban J connectivity index is 2.19. The minimum absolute atomic E-state index is 0.0693. The lowest BCUT2D eigenvalue weighted by atomic mass is 9.68. The van der Waals surface area contributed by atoms with Crippen molar-refractivity contribution >= 4 is 28.4 Å². The van der Waals surface area contributed by atoms with Crippen LogP contribution in [0.5, 0.6) is 0 Å². The molecule has 1 aliphatic carbocycles. The van der Waals surface area contributed by atoms with Gasteiger partial charge in [-0.3, -0.25) is 4.79 Å². The number of carboxylic acids is 1. The lowest BCUT2D eigenvalue weighted by molar-refractivity contribution is -0.129. The SMILES string of the molecule is Cc1nsc(NC(=O)C2(CN)CCC2)c1C(=O)O. The third-order valence-electron chi connectivity index (χ3n) is 3.49. The molecule has 7 heteroatoms. The summed E-state index contributed by atoms with van der Waals surface area (Å²) in [6.07, 6.45) is 2.50. The van der Waals surface area contributed by atoms with Gasteiger partial charge < -0.3 is 16.2 Å². The van der Waals surface area contributed by atoms with Gasteiger partial charge in [-0.25, -0.2) is 4.79 Å². The van der Waals surface area contributed by atoms with Gasteiger partial charge in [0, 0.05) is 6.54 Å². The molecule has 1 aromatic heterocycles. The van der Waals surface area contributed by atoms with Crippen LogP contribution in [0.2, 0.25) is 0 Å². The number of nitrogens with one attached hydrogen (secondary N) is 1. The van der Waals surface area contributed by atoms with Crippen LogP contribution in [0.25, 0.3) is 0 Å². The monoisotopic (exact) mass is 269 g/mol. The first-order valence-electron chi connectivity index (χ1n) is 5.71. The highest BCUT2D eigenvalue weighted by Gasteiger charge is 2.43. The van der Waals surface area contributed by atoms with Gasteiger partial charge >= 0.3 is 5.97 Å². The molecule has 0 bridgehead atoms. The second-order valence-corrected chi connectivity index (χ2v) is 5.34. The molecular weight excluding hydrogens is 254 g/mol. The molecule has 98 valence electrons. The van der Waals surface area contributed by atoms with Gasteiger partial charge in [0.05, 0.1) is 11.1 Å². The Morgan fingerprint density at radius 3 is 2.67 bits per heavy atom. The van der Waals surface area contributed by atoms with Crippen molar-refractivity contribution in [2.75, 3.05) is 11.9 Å². The molecule has 1 fully saturated rings. The number of aromatic nitrogens is 1. The molecule has 0 aliphatic heterocycles. The van der Waals surface area contributed by atoms with Crippen molar-refractivity contribution in [2.45, 2.75) is 26.2 Å². The molecule has 0 spiro atoms. The fraction of sp³-hybridized carbons (Fsp3) is 0.545. The Hall–Kier alpha value is -1.47. The third-order valence-corrected chi connectivity index (χ3v) is 4.34. The fourth-order valence-electron chi connectivity index (χ4n) is 2.07. The fourth-order valence-corrected chi connectivity index (χ4v) is 2.85. The summed E-state index contributed by atoms with van der Waals surface area (Å²) in [6.45, 7) is 1.90. The van der Waals surface area contributed by atoms with E-state index in [-0.39, 0.29) is 11.5 Å². The van der Waals surface area contributed by atoms with E-state index >= 15 is 0 Å². The summed E-state index contributed by atoms with van der Waals surface area (Å²) in [5.41, 5.74) is 5.60. The molecular formula is C11H15N3O3S. The van der Waals surface area contributed by atoms with Crippen LogP contribution in [0, 0.1) is 12.3 Å². The van der Waals surface area contributed by atoms with Gasteiger partial charge in [0.1, 0.15) is 10.6 Å². The highest BCUT2D eigenvalue weighted by molar-refractivity contribution is 7.11. The van der Waals surface area contributed by atoms with E-state index in [2.05, 4.69) is 9.69 Å². The summed E-state index contributed by atoms with van der Waals surface area (Å²) in [6, 6.07) is 0. The maximum Gasteiger partial charge on any atom is 0.340 e. The highest BCUT2D eigenvalue weighted by Crippen LogP contribution is 2.41. The van der Waals surface area contributed by atoms with E-state index in [0.29, 0.717) is 17.2 Å². The Labute approximate surface area is 108 Å². The van der Waals surface area contributed by atoms with Crippen LogP contribution in [0.3, 0.4) is 0 Å². The first kappa shape index (κ1) is 13.0. The van der Waals surface area contributed by atoms with E-state index in [1.165, 1.54) is 0 Å². The zero-order valence-corrected chi connectivity index (χ0v) is 10.8. The van der Waals surface area contributed by atoms with Gasteiger partial charge in [-0.15, -0.1) is 0 Å². The van der Waals surface area contributed by atoms with E-state index in [1.807, 2.05) is 0 Å². The summed E-state index contributed by atoms with van der Waals surface area (Å²) < 4.78 is 3.96. The normalized spacial score (nSPS) is 17.0. The molecule has 1 heterocycles. The predicted molar refractivity (Wildman–Crippen MR) is 67.8 cm³/mol. The minimum Gasteiger partial charge on any atom is -0.478 e. The molecule has 1 aromatic rings. The van der Waals surface area contributed by atoms with Gasteiger partial charge in [-0.1, -0.05) is 6.42 Å². The zero-order chi connectivity index (χ0) is 13.3. The number of carbonyl (C=O) groups is 2. The Morgan fingerprint density at radius 2 is 2.22 bits per heavy atom. The topological polar surface area (TPSA) is 105 Å². The average molecular weight is 269 g/mol. The summed E-state index contributed by atoms with van der Waals surface area (Å²) >= 11 is 0.990. The van der Waals surface area contributed by atoms with Crippen molar-refractivity contribution in [3.63, 3.8) is 0 Å². The molecule has 1 saturated carbocycles. The molecule has 1 aliphatic rings. The van der Waals surface area contributed by atoms with Crippen LogP contribution in [0.15, 0.2) is 0 Å². The molecule has 2 rings (SSSR count). The quantitative estimate of drug-likeness (QED) is 0.762. The van der Waals surface area contributed by atoms with Gasteiger partial charge in [0.25, 0.3) is 0 Å². The third kappa shape index (κ3) is 1.99. The Kier molecular flexibility index (Phi) is 3.36. The van der Waals surface area contributed by atoms with E-state index < -0.39 is 11.4 Å². The Bertz CT molecular complexity index is 488. The maximum absolute atomic E-state index is 12.1. The number of carboxylic acid groups (broad SMARTS) is 1. The second kappa shape index (κ2) is 4.66. The molecule has 18 heavy (non-hydrogen) atoms. The number of hydrogen-bond donors (Lipinski definition) is 3. The smallest absolute Gasteiger partial charge is 0.340 e. The molecule has 6 nitrogen and oxygen atoms in total. The number of nitrogens with two attached hydrogens (primary N) is 1. The van der Waals surface area contributed by atoms with Crippen LogP contribution in [0.4, 0.5) is 5.00 Å². The summed E-state index contributed by atoms with van der Waals surface area (Å²) in [5.74, 6) is -1.27. The average Bonchev–Trinajstić information content (AvgIpc) is 2.58. The molecule has 0 radical (unpaired) electrons. The zero-order valence-electron chi connectivity index (χ0n) is 10.0. The van der Waals surface area contributed by atoms with Crippen LogP contribution in [0.1, 0.15) is 35.3 Å². The number of amides is 1. The summed E-state index contributed by atoms with van der Waals surface area (Å²) in [5, 5.41) is 12.0. The first-order valence-corrected chi connectivity index (χ1v) is 6.48. The number of carbonyl (C=O) groups excluding carboxylic acids is 1. The van der Waals surface area contributed by atoms with E-state index in [9.17, 15) is 9.59 Å². The molecule has 0 saturated heterocycles. The molecule has 0 unspecified atom stereocenters. The van der Waals surface area contributed by atoms with Crippen molar-refractivity contribution in [1.82, 2.24) is 4.37 Å². The maximum atomic E-state index is 12.1.